The molecule has 1 aromatic heterocycles. The Bertz CT molecular complexity index is 1100. The molecule has 0 saturated carbocycles. The first-order valence-corrected chi connectivity index (χ1v) is 12.3. The molecular formula is C28H34FN3O4. The molecule has 0 bridgehead atoms. The second kappa shape index (κ2) is 12.8. The van der Waals surface area contributed by atoms with Crippen molar-refractivity contribution < 1.29 is 23.7 Å². The van der Waals surface area contributed by atoms with Crippen LogP contribution in [-0.4, -0.2) is 64.9 Å². The van der Waals surface area contributed by atoms with Crippen LogP contribution < -0.4 is 4.74 Å². The summed E-state index contributed by atoms with van der Waals surface area (Å²) >= 11 is 0. The molecule has 2 aromatic carbocycles. The van der Waals surface area contributed by atoms with E-state index in [2.05, 4.69) is 11.5 Å². The Morgan fingerprint density at radius 3 is 2.72 bits per heavy atom. The minimum atomic E-state index is -0.669. The molecule has 0 amide bonds. The lowest BCUT2D eigenvalue weighted by atomic mass is 10.1. The number of halogens is 1. The number of hydrogen-bond acceptors (Lipinski definition) is 6. The van der Waals surface area contributed by atoms with Crippen molar-refractivity contribution in [2.45, 2.75) is 38.5 Å². The number of para-hydroxylation sites is 1. The van der Waals surface area contributed by atoms with E-state index in [1.807, 2.05) is 37.3 Å². The van der Waals surface area contributed by atoms with E-state index >= 15 is 0 Å². The van der Waals surface area contributed by atoms with Crippen LogP contribution in [0.5, 0.6) is 11.6 Å². The van der Waals surface area contributed by atoms with Gasteiger partial charge in [-0.05, 0) is 56.2 Å². The van der Waals surface area contributed by atoms with Gasteiger partial charge >= 0.3 is 0 Å². The van der Waals surface area contributed by atoms with Crippen LogP contribution in [0.1, 0.15) is 24.1 Å². The smallest absolute Gasteiger partial charge is 0.227 e. The first-order valence-electron chi connectivity index (χ1n) is 12.3. The predicted octanol–water partition coefficient (Wildman–Crippen LogP) is 4.66. The maximum Gasteiger partial charge on any atom is 0.227 e. The fourth-order valence-corrected chi connectivity index (χ4v) is 4.33. The minimum Gasteiger partial charge on any atom is -0.439 e. The average molecular weight is 496 g/mol. The molecule has 2 heterocycles. The Labute approximate surface area is 211 Å². The largest absolute Gasteiger partial charge is 0.439 e. The lowest BCUT2D eigenvalue weighted by Gasteiger charge is -2.27. The molecule has 0 radical (unpaired) electrons. The minimum absolute atomic E-state index is 0.109. The maximum absolute atomic E-state index is 13.5. The highest BCUT2D eigenvalue weighted by Crippen LogP contribution is 2.32. The normalized spacial score (nSPS) is 16.4. The average Bonchev–Trinajstić information content (AvgIpc) is 3.49. The zero-order valence-electron chi connectivity index (χ0n) is 20.7. The Morgan fingerprint density at radius 2 is 2.03 bits per heavy atom. The number of ether oxygens (including phenoxy) is 3. The van der Waals surface area contributed by atoms with Gasteiger partial charge in [0.1, 0.15) is 11.6 Å². The van der Waals surface area contributed by atoms with Gasteiger partial charge in [-0.2, -0.15) is 5.10 Å². The van der Waals surface area contributed by atoms with Gasteiger partial charge in [-0.25, -0.2) is 9.07 Å². The summed E-state index contributed by atoms with van der Waals surface area (Å²) in [7, 11) is 0. The molecule has 1 saturated heterocycles. The number of benzene rings is 2. The Balaban J connectivity index is 1.63. The molecule has 0 aliphatic carbocycles. The van der Waals surface area contributed by atoms with Crippen molar-refractivity contribution in [3.63, 3.8) is 0 Å². The zero-order chi connectivity index (χ0) is 25.3. The van der Waals surface area contributed by atoms with E-state index in [1.165, 1.54) is 12.1 Å². The fraction of sp³-hybridized carbons (Fsp3) is 0.393. The van der Waals surface area contributed by atoms with E-state index in [9.17, 15) is 9.50 Å². The number of aromatic nitrogens is 2. The number of hydrogen-bond donors (Lipinski definition) is 1. The Kier molecular flexibility index (Phi) is 9.24. The molecule has 0 unspecified atom stereocenters. The maximum atomic E-state index is 13.5. The van der Waals surface area contributed by atoms with Gasteiger partial charge in [0, 0.05) is 26.2 Å². The van der Waals surface area contributed by atoms with E-state index in [0.29, 0.717) is 37.9 Å². The summed E-state index contributed by atoms with van der Waals surface area (Å²) in [6.45, 7) is 8.53. The van der Waals surface area contributed by atoms with Crippen LogP contribution in [0.25, 0.3) is 5.69 Å². The lowest BCUT2D eigenvalue weighted by molar-refractivity contribution is 0.00836. The second-order valence-electron chi connectivity index (χ2n) is 8.98. The number of aryl methyl sites for hydroxylation is 1. The summed E-state index contributed by atoms with van der Waals surface area (Å²) in [5, 5.41) is 15.4. The molecule has 1 N–H and O–H groups in total. The van der Waals surface area contributed by atoms with Gasteiger partial charge in [0.2, 0.25) is 5.88 Å². The van der Waals surface area contributed by atoms with Crippen molar-refractivity contribution in [2.24, 2.45) is 0 Å². The van der Waals surface area contributed by atoms with Crippen molar-refractivity contribution in [1.82, 2.24) is 14.7 Å². The standard InChI is InChI=1S/C28H34FN3O4/c1-3-15-34-20-24(33)17-31(18-26-10-7-16-35-26)19-27-21(2)30-32(23-8-5-4-6-9-23)28(27)36-25-13-11-22(29)12-14-25/h3-6,8-9,11-14,24,26,33H,1,7,10,15-20H2,2H3/t24-,26-/m1/s1. The SMILES string of the molecule is C=CCOC[C@H](O)CN(Cc1c(C)nn(-c2ccccc2)c1Oc1ccc(F)cc1)C[C@H]1CCCO1. The lowest BCUT2D eigenvalue weighted by Crippen LogP contribution is -2.39. The van der Waals surface area contributed by atoms with Crippen LogP contribution in [-0.2, 0) is 16.0 Å². The fourth-order valence-electron chi connectivity index (χ4n) is 4.33. The molecule has 192 valence electrons. The van der Waals surface area contributed by atoms with E-state index in [-0.39, 0.29) is 18.5 Å². The summed E-state index contributed by atoms with van der Waals surface area (Å²) in [5.74, 6) is 0.740. The van der Waals surface area contributed by atoms with Gasteiger partial charge in [0.15, 0.2) is 0 Å². The van der Waals surface area contributed by atoms with Crippen molar-refractivity contribution in [3.8, 4) is 17.3 Å². The van der Waals surface area contributed by atoms with Crippen LogP contribution in [0.3, 0.4) is 0 Å². The van der Waals surface area contributed by atoms with Gasteiger partial charge in [0.25, 0.3) is 0 Å². The monoisotopic (exact) mass is 495 g/mol. The van der Waals surface area contributed by atoms with E-state index in [0.717, 1.165) is 36.4 Å². The second-order valence-corrected chi connectivity index (χ2v) is 8.98. The predicted molar refractivity (Wildman–Crippen MR) is 136 cm³/mol. The van der Waals surface area contributed by atoms with Crippen LogP contribution >= 0.6 is 0 Å². The van der Waals surface area contributed by atoms with E-state index in [1.54, 1.807) is 22.9 Å². The van der Waals surface area contributed by atoms with E-state index < -0.39 is 6.10 Å². The highest BCUT2D eigenvalue weighted by atomic mass is 19.1. The highest BCUT2D eigenvalue weighted by Gasteiger charge is 2.26. The van der Waals surface area contributed by atoms with Crippen LogP contribution in [0.2, 0.25) is 0 Å². The summed E-state index contributed by atoms with van der Waals surface area (Å²) in [5.41, 5.74) is 2.55. The van der Waals surface area contributed by atoms with Crippen LogP contribution in [0.15, 0.2) is 67.3 Å². The summed E-state index contributed by atoms with van der Waals surface area (Å²) in [6.07, 6.45) is 3.13. The van der Waals surface area contributed by atoms with Gasteiger partial charge in [-0.1, -0.05) is 24.3 Å². The van der Waals surface area contributed by atoms with Crippen LogP contribution in [0, 0.1) is 12.7 Å². The molecule has 8 heteroatoms. The molecular weight excluding hydrogens is 461 g/mol. The third-order valence-electron chi connectivity index (χ3n) is 6.05. The number of rotatable bonds is 13. The molecule has 1 fully saturated rings. The Hall–Kier alpha value is -3.04. The summed E-state index contributed by atoms with van der Waals surface area (Å²) < 4.78 is 32.9. The first-order chi connectivity index (χ1) is 17.5. The molecule has 1 aliphatic rings. The van der Waals surface area contributed by atoms with Crippen molar-refractivity contribution in [1.29, 1.82) is 0 Å². The van der Waals surface area contributed by atoms with Gasteiger partial charge in [0.05, 0.1) is 42.4 Å². The van der Waals surface area contributed by atoms with Gasteiger partial charge in [-0.15, -0.1) is 6.58 Å². The highest BCUT2D eigenvalue weighted by molar-refractivity contribution is 5.43. The van der Waals surface area contributed by atoms with Gasteiger partial charge < -0.3 is 19.3 Å². The topological polar surface area (TPSA) is 69.0 Å². The quantitative estimate of drug-likeness (QED) is 0.275. The van der Waals surface area contributed by atoms with Crippen LogP contribution in [0.4, 0.5) is 4.39 Å². The Morgan fingerprint density at radius 1 is 1.25 bits per heavy atom. The number of aliphatic hydroxyl groups is 1. The first kappa shape index (κ1) is 26.0. The molecule has 2 atom stereocenters. The van der Waals surface area contributed by atoms with Crippen molar-refractivity contribution >= 4 is 0 Å². The van der Waals surface area contributed by atoms with Gasteiger partial charge in [-0.3, -0.25) is 4.90 Å². The summed E-state index contributed by atoms with van der Waals surface area (Å²) in [6, 6.07) is 15.7. The van der Waals surface area contributed by atoms with Crippen molar-refractivity contribution in [2.75, 3.05) is 32.9 Å². The number of aliphatic hydroxyl groups excluding tert-OH is 1. The summed E-state index contributed by atoms with van der Waals surface area (Å²) in [4.78, 5) is 2.16. The molecule has 36 heavy (non-hydrogen) atoms. The third kappa shape index (κ3) is 7.01. The molecule has 1 aliphatic heterocycles. The molecule has 0 spiro atoms. The number of nitrogens with zero attached hydrogens (tertiary/aromatic N) is 3. The third-order valence-corrected chi connectivity index (χ3v) is 6.05. The van der Waals surface area contributed by atoms with Crippen molar-refractivity contribution in [3.05, 3.63) is 84.3 Å². The molecule has 7 nitrogen and oxygen atoms in total. The van der Waals surface area contributed by atoms with E-state index in [4.69, 9.17) is 19.3 Å². The zero-order valence-corrected chi connectivity index (χ0v) is 20.7. The molecule has 3 aromatic rings. The molecule has 4 rings (SSSR count).